The van der Waals surface area contributed by atoms with Crippen molar-refractivity contribution in [3.05, 3.63) is 70.4 Å². The van der Waals surface area contributed by atoms with Gasteiger partial charge in [0.05, 0.1) is 46.0 Å². The van der Waals surface area contributed by atoms with Crippen molar-refractivity contribution in [2.24, 2.45) is 0 Å². The molecule has 1 saturated heterocycles. The van der Waals surface area contributed by atoms with Gasteiger partial charge < -0.3 is 9.30 Å². The Labute approximate surface area is 172 Å². The van der Waals surface area contributed by atoms with Crippen LogP contribution in [0.3, 0.4) is 0 Å². The number of nitro groups is 1. The highest BCUT2D eigenvalue weighted by atomic mass is 32.2. The van der Waals surface area contributed by atoms with Crippen LogP contribution in [-0.4, -0.2) is 27.2 Å². The Morgan fingerprint density at radius 1 is 1.31 bits per heavy atom. The van der Waals surface area contributed by atoms with Crippen molar-refractivity contribution in [2.45, 2.75) is 35.5 Å². The van der Waals surface area contributed by atoms with Crippen LogP contribution in [-0.2, 0) is 11.3 Å². The first-order chi connectivity index (χ1) is 14.2. The number of hydrogen-bond acceptors (Lipinski definition) is 6. The van der Waals surface area contributed by atoms with Crippen molar-refractivity contribution in [1.82, 2.24) is 9.55 Å². The molecule has 0 amide bonds. The number of rotatable bonds is 6. The molecule has 2 aromatic carbocycles. The number of nitrogens with zero attached hydrogens (tertiary/aromatic N) is 4. The lowest BCUT2D eigenvalue weighted by molar-refractivity contribution is -0.387. The molecule has 1 unspecified atom stereocenters. The number of ether oxygens (including phenoxy) is 1. The minimum absolute atomic E-state index is 0.0954. The second-order valence-corrected chi connectivity index (χ2v) is 7.70. The molecule has 1 atom stereocenters. The lowest BCUT2D eigenvalue weighted by Gasteiger charge is -2.16. The molecule has 8 heteroatoms. The maximum atomic E-state index is 11.5. The molecular weight excluding hydrogens is 388 g/mol. The van der Waals surface area contributed by atoms with E-state index in [1.165, 1.54) is 17.8 Å². The second-order valence-electron chi connectivity index (χ2n) is 6.69. The van der Waals surface area contributed by atoms with Gasteiger partial charge in [-0.25, -0.2) is 4.98 Å². The van der Waals surface area contributed by atoms with Crippen molar-refractivity contribution in [3.63, 3.8) is 0 Å². The van der Waals surface area contributed by atoms with E-state index in [0.29, 0.717) is 16.6 Å². The predicted octanol–water partition coefficient (Wildman–Crippen LogP) is 4.66. The molecule has 1 aromatic heterocycles. The zero-order valence-corrected chi connectivity index (χ0v) is 16.3. The van der Waals surface area contributed by atoms with Crippen molar-refractivity contribution in [2.75, 3.05) is 6.61 Å². The van der Waals surface area contributed by atoms with Crippen LogP contribution in [0.1, 0.15) is 18.4 Å². The quantitative estimate of drug-likeness (QED) is 0.436. The van der Waals surface area contributed by atoms with E-state index in [9.17, 15) is 10.1 Å². The van der Waals surface area contributed by atoms with Crippen molar-refractivity contribution >= 4 is 17.4 Å². The summed E-state index contributed by atoms with van der Waals surface area (Å²) in [5, 5.41) is 21.2. The molecular formula is C21H18N4O3S. The summed E-state index contributed by atoms with van der Waals surface area (Å²) in [4.78, 5) is 16.0. The fourth-order valence-corrected chi connectivity index (χ4v) is 4.32. The highest BCUT2D eigenvalue weighted by Crippen LogP contribution is 2.37. The van der Waals surface area contributed by atoms with Gasteiger partial charge in [-0.05, 0) is 42.3 Å². The van der Waals surface area contributed by atoms with Gasteiger partial charge in [0.1, 0.15) is 0 Å². The van der Waals surface area contributed by atoms with Crippen LogP contribution in [0.4, 0.5) is 5.69 Å². The average molecular weight is 406 g/mol. The van der Waals surface area contributed by atoms with Gasteiger partial charge in [-0.2, -0.15) is 5.26 Å². The third-order valence-corrected chi connectivity index (χ3v) is 5.86. The van der Waals surface area contributed by atoms with Gasteiger partial charge >= 0.3 is 0 Å². The van der Waals surface area contributed by atoms with Gasteiger partial charge in [-0.1, -0.05) is 30.3 Å². The third-order valence-electron chi connectivity index (χ3n) is 4.78. The maximum absolute atomic E-state index is 11.5. The van der Waals surface area contributed by atoms with E-state index in [-0.39, 0.29) is 17.4 Å². The highest BCUT2D eigenvalue weighted by molar-refractivity contribution is 7.99. The molecule has 7 nitrogen and oxygen atoms in total. The fourth-order valence-electron chi connectivity index (χ4n) is 3.36. The molecule has 0 spiro atoms. The summed E-state index contributed by atoms with van der Waals surface area (Å²) in [6, 6.07) is 16.4. The van der Waals surface area contributed by atoms with Gasteiger partial charge in [0.25, 0.3) is 5.69 Å². The van der Waals surface area contributed by atoms with Crippen LogP contribution < -0.4 is 0 Å². The molecule has 1 aliphatic rings. The minimum Gasteiger partial charge on any atom is -0.376 e. The maximum Gasteiger partial charge on any atom is 0.284 e. The number of benzene rings is 2. The van der Waals surface area contributed by atoms with E-state index in [2.05, 4.69) is 9.55 Å². The summed E-state index contributed by atoms with van der Waals surface area (Å²) < 4.78 is 7.88. The zero-order valence-electron chi connectivity index (χ0n) is 15.5. The van der Waals surface area contributed by atoms with Gasteiger partial charge in [0.2, 0.25) is 0 Å². The first-order valence-electron chi connectivity index (χ1n) is 9.24. The van der Waals surface area contributed by atoms with E-state index in [4.69, 9.17) is 10.00 Å². The molecule has 0 saturated carbocycles. The molecule has 0 bridgehead atoms. The van der Waals surface area contributed by atoms with Gasteiger partial charge in [-0.15, -0.1) is 0 Å². The molecule has 29 heavy (non-hydrogen) atoms. The highest BCUT2D eigenvalue weighted by Gasteiger charge is 2.23. The summed E-state index contributed by atoms with van der Waals surface area (Å²) in [5.41, 5.74) is 2.13. The molecule has 1 aliphatic heterocycles. The van der Waals surface area contributed by atoms with Crippen molar-refractivity contribution < 1.29 is 9.66 Å². The summed E-state index contributed by atoms with van der Waals surface area (Å²) in [7, 11) is 0. The monoisotopic (exact) mass is 406 g/mol. The molecule has 0 N–H and O–H groups in total. The summed E-state index contributed by atoms with van der Waals surface area (Å²) in [6.07, 6.45) is 3.90. The van der Waals surface area contributed by atoms with Crippen LogP contribution in [0, 0.1) is 21.4 Å². The second kappa shape index (κ2) is 8.47. The number of nitro benzene ring substituents is 1. The third kappa shape index (κ3) is 4.16. The summed E-state index contributed by atoms with van der Waals surface area (Å²) in [5.74, 6) is 0. The molecule has 3 aromatic rings. The molecule has 0 radical (unpaired) electrons. The van der Waals surface area contributed by atoms with E-state index < -0.39 is 4.92 Å². The Bertz CT molecular complexity index is 1070. The SMILES string of the molecule is N#Cc1ccc(Sc2ncc(-c3ccccc3)n2CC2CCCO2)c([N+](=O)[O-])c1. The van der Waals surface area contributed by atoms with Gasteiger partial charge in [-0.3, -0.25) is 10.1 Å². The Kier molecular flexibility index (Phi) is 5.60. The number of nitriles is 1. The minimum atomic E-state index is -0.464. The van der Waals surface area contributed by atoms with E-state index >= 15 is 0 Å². The van der Waals surface area contributed by atoms with Crippen LogP contribution >= 0.6 is 11.8 Å². The summed E-state index contributed by atoms with van der Waals surface area (Å²) >= 11 is 1.23. The topological polar surface area (TPSA) is 94.0 Å². The number of aromatic nitrogens is 2. The normalized spacial score (nSPS) is 15.9. The zero-order chi connectivity index (χ0) is 20.2. The largest absolute Gasteiger partial charge is 0.376 e. The van der Waals surface area contributed by atoms with Crippen LogP contribution in [0.2, 0.25) is 0 Å². The first kappa shape index (κ1) is 19.2. The first-order valence-corrected chi connectivity index (χ1v) is 10.1. The molecule has 0 aliphatic carbocycles. The van der Waals surface area contributed by atoms with Crippen LogP contribution in [0.5, 0.6) is 0 Å². The standard InChI is InChI=1S/C21H18N4O3S/c22-12-15-8-9-20(18(11-15)25(26)27)29-21-23-13-19(16-5-2-1-3-6-16)24(21)14-17-7-4-10-28-17/h1-3,5-6,8-9,11,13,17H,4,7,10,14H2. The number of hydrogen-bond donors (Lipinski definition) is 0. The lowest BCUT2D eigenvalue weighted by Crippen LogP contribution is -2.16. The molecule has 4 rings (SSSR count). The average Bonchev–Trinajstić information content (AvgIpc) is 3.40. The van der Waals surface area contributed by atoms with Crippen LogP contribution in [0.25, 0.3) is 11.3 Å². The fraction of sp³-hybridized carbons (Fsp3) is 0.238. The van der Waals surface area contributed by atoms with Crippen molar-refractivity contribution in [1.29, 1.82) is 5.26 Å². The van der Waals surface area contributed by atoms with Gasteiger partial charge in [0, 0.05) is 12.7 Å². The molecule has 1 fully saturated rings. The molecule has 146 valence electrons. The van der Waals surface area contributed by atoms with E-state index in [1.807, 2.05) is 36.4 Å². The Hall–Kier alpha value is -3.15. The van der Waals surface area contributed by atoms with Crippen LogP contribution in [0.15, 0.2) is 64.8 Å². The van der Waals surface area contributed by atoms with E-state index in [0.717, 1.165) is 30.7 Å². The molecule has 2 heterocycles. The van der Waals surface area contributed by atoms with Gasteiger partial charge in [0.15, 0.2) is 5.16 Å². The number of imidazole rings is 1. The van der Waals surface area contributed by atoms with Crippen molar-refractivity contribution in [3.8, 4) is 17.3 Å². The Morgan fingerprint density at radius 2 is 2.14 bits per heavy atom. The smallest absolute Gasteiger partial charge is 0.284 e. The lowest BCUT2D eigenvalue weighted by atomic mass is 10.1. The Balaban J connectivity index is 1.73. The Morgan fingerprint density at radius 3 is 2.83 bits per heavy atom. The summed E-state index contributed by atoms with van der Waals surface area (Å²) in [6.45, 7) is 1.39. The van der Waals surface area contributed by atoms with E-state index in [1.54, 1.807) is 18.3 Å². The predicted molar refractivity (Wildman–Crippen MR) is 109 cm³/mol.